The summed E-state index contributed by atoms with van der Waals surface area (Å²) < 4.78 is 28.9. The highest BCUT2D eigenvalue weighted by Gasteiger charge is 2.37. The molecule has 10 heteroatoms. The van der Waals surface area contributed by atoms with Crippen molar-refractivity contribution in [3.63, 3.8) is 0 Å². The lowest BCUT2D eigenvalue weighted by Gasteiger charge is -2.48. The lowest BCUT2D eigenvalue weighted by atomic mass is 9.96. The summed E-state index contributed by atoms with van der Waals surface area (Å²) in [5.74, 6) is -0.810. The molecular formula is C29H25F2N7O. The third-order valence-electron chi connectivity index (χ3n) is 7.31. The van der Waals surface area contributed by atoms with Crippen molar-refractivity contribution < 1.29 is 8.78 Å². The maximum Gasteiger partial charge on any atom is 0.270 e. The van der Waals surface area contributed by atoms with Crippen molar-refractivity contribution in [1.82, 2.24) is 19.4 Å². The van der Waals surface area contributed by atoms with Gasteiger partial charge in [0, 0.05) is 32.2 Å². The van der Waals surface area contributed by atoms with E-state index in [0.717, 1.165) is 5.56 Å². The fraction of sp³-hybridized carbons (Fsp3) is 0.276. The van der Waals surface area contributed by atoms with Crippen molar-refractivity contribution in [3.8, 4) is 12.1 Å². The van der Waals surface area contributed by atoms with E-state index >= 15 is 0 Å². The second-order valence-corrected chi connectivity index (χ2v) is 9.78. The summed E-state index contributed by atoms with van der Waals surface area (Å²) in [5, 5.41) is 19.5. The van der Waals surface area contributed by atoms with E-state index in [9.17, 15) is 24.1 Å². The van der Waals surface area contributed by atoms with Crippen molar-refractivity contribution >= 4 is 16.7 Å². The normalized spacial score (nSPS) is 18.5. The van der Waals surface area contributed by atoms with Crippen LogP contribution in [0.3, 0.4) is 0 Å². The molecule has 0 spiro atoms. The summed E-state index contributed by atoms with van der Waals surface area (Å²) in [4.78, 5) is 26.2. The highest BCUT2D eigenvalue weighted by atomic mass is 19.1. The van der Waals surface area contributed by atoms with Gasteiger partial charge in [0.05, 0.1) is 29.1 Å². The van der Waals surface area contributed by atoms with Gasteiger partial charge in [-0.15, -0.1) is 0 Å². The Hall–Kier alpha value is -4.67. The summed E-state index contributed by atoms with van der Waals surface area (Å²) in [6.07, 6.45) is 1.17. The van der Waals surface area contributed by atoms with Crippen LogP contribution in [0.15, 0.2) is 59.5 Å². The highest BCUT2D eigenvalue weighted by molar-refractivity contribution is 5.92. The monoisotopic (exact) mass is 525 g/mol. The van der Waals surface area contributed by atoms with Crippen LogP contribution in [-0.2, 0) is 7.05 Å². The van der Waals surface area contributed by atoms with Crippen LogP contribution in [0.25, 0.3) is 11.0 Å². The Morgan fingerprint density at radius 3 is 2.31 bits per heavy atom. The molecular weight excluding hydrogens is 500 g/mol. The quantitative estimate of drug-likeness (QED) is 0.396. The van der Waals surface area contributed by atoms with Crippen LogP contribution in [0, 0.1) is 34.3 Å². The second-order valence-electron chi connectivity index (χ2n) is 9.78. The fourth-order valence-corrected chi connectivity index (χ4v) is 5.39. The molecule has 3 aromatic heterocycles. The Kier molecular flexibility index (Phi) is 6.81. The van der Waals surface area contributed by atoms with Gasteiger partial charge in [0.2, 0.25) is 0 Å². The molecule has 0 N–H and O–H groups in total. The molecule has 8 nitrogen and oxygen atoms in total. The molecule has 1 aliphatic rings. The maximum atomic E-state index is 13.8. The molecule has 1 saturated heterocycles. The number of aryl methyl sites for hydroxylation is 1. The lowest BCUT2D eigenvalue weighted by molar-refractivity contribution is 0.127. The summed E-state index contributed by atoms with van der Waals surface area (Å²) >= 11 is 0. The summed E-state index contributed by atoms with van der Waals surface area (Å²) in [6.45, 7) is 4.91. The van der Waals surface area contributed by atoms with Gasteiger partial charge in [-0.25, -0.2) is 13.8 Å². The van der Waals surface area contributed by atoms with E-state index in [-0.39, 0.29) is 35.2 Å². The Morgan fingerprint density at radius 1 is 0.949 bits per heavy atom. The van der Waals surface area contributed by atoms with E-state index in [1.807, 2.05) is 24.8 Å². The average Bonchev–Trinajstić information content (AvgIpc) is 2.94. The molecule has 1 aliphatic heterocycles. The van der Waals surface area contributed by atoms with Crippen LogP contribution >= 0.6 is 0 Å². The number of anilines is 1. The largest absolute Gasteiger partial charge is 0.363 e. The number of aromatic nitrogens is 3. The molecule has 1 aromatic carbocycles. The first-order valence-electron chi connectivity index (χ1n) is 12.5. The first-order valence-corrected chi connectivity index (χ1v) is 12.5. The van der Waals surface area contributed by atoms with Gasteiger partial charge in [-0.05, 0) is 55.8 Å². The predicted molar refractivity (Wildman–Crippen MR) is 142 cm³/mol. The van der Waals surface area contributed by atoms with E-state index in [4.69, 9.17) is 0 Å². The van der Waals surface area contributed by atoms with Crippen LogP contribution in [0.4, 0.5) is 14.5 Å². The molecule has 4 heterocycles. The van der Waals surface area contributed by atoms with Gasteiger partial charge in [0.25, 0.3) is 5.56 Å². The molecule has 0 amide bonds. The zero-order chi connectivity index (χ0) is 27.8. The fourth-order valence-electron chi connectivity index (χ4n) is 5.39. The molecule has 0 bridgehead atoms. The number of rotatable bonds is 4. The molecule has 196 valence electrons. The predicted octanol–water partition coefficient (Wildman–Crippen LogP) is 4.04. The maximum absolute atomic E-state index is 13.8. The van der Waals surface area contributed by atoms with Gasteiger partial charge in [0.1, 0.15) is 40.5 Å². The van der Waals surface area contributed by atoms with Gasteiger partial charge in [0.15, 0.2) is 0 Å². The minimum absolute atomic E-state index is 0.0321. The molecule has 0 radical (unpaired) electrons. The number of piperazine rings is 1. The summed E-state index contributed by atoms with van der Waals surface area (Å²) in [5.41, 5.74) is 2.48. The van der Waals surface area contributed by atoms with Gasteiger partial charge < -0.3 is 9.47 Å². The Morgan fingerprint density at radius 2 is 1.67 bits per heavy atom. The van der Waals surface area contributed by atoms with Crippen molar-refractivity contribution in [2.24, 2.45) is 7.05 Å². The molecule has 0 aliphatic carbocycles. The first kappa shape index (κ1) is 26.0. The van der Waals surface area contributed by atoms with Crippen LogP contribution in [0.2, 0.25) is 0 Å². The van der Waals surface area contributed by atoms with Crippen LogP contribution < -0.4 is 10.5 Å². The minimum Gasteiger partial charge on any atom is -0.363 e. The number of pyridine rings is 3. The number of fused-ring (bicyclic) bond motifs is 1. The second kappa shape index (κ2) is 10.2. The SMILES string of the molecule is C[C@@H]1CN(c2c(C#N)c(=O)n(C)c3ccc(C#N)nc23)[C@@H](C)CN1C(c1ccc(F)cc1)c1ccc(F)cn1. The minimum atomic E-state index is -0.450. The first-order chi connectivity index (χ1) is 18.7. The van der Waals surface area contributed by atoms with Gasteiger partial charge in [-0.3, -0.25) is 14.7 Å². The van der Waals surface area contributed by atoms with Gasteiger partial charge in [-0.1, -0.05) is 12.1 Å². The van der Waals surface area contributed by atoms with Crippen LogP contribution in [-0.4, -0.2) is 44.6 Å². The van der Waals surface area contributed by atoms with Crippen molar-refractivity contribution in [3.05, 3.63) is 99.2 Å². The van der Waals surface area contributed by atoms with Crippen LogP contribution in [0.1, 0.15) is 42.4 Å². The van der Waals surface area contributed by atoms with Crippen LogP contribution in [0.5, 0.6) is 0 Å². The van der Waals surface area contributed by atoms with E-state index in [2.05, 4.69) is 20.9 Å². The smallest absolute Gasteiger partial charge is 0.270 e. The summed E-state index contributed by atoms with van der Waals surface area (Å²) in [6, 6.07) is 15.8. The molecule has 1 unspecified atom stereocenters. The van der Waals surface area contributed by atoms with E-state index in [1.165, 1.54) is 29.0 Å². The number of halogens is 2. The molecule has 0 saturated carbocycles. The Bertz CT molecular complexity index is 1640. The van der Waals surface area contributed by atoms with Gasteiger partial charge in [-0.2, -0.15) is 10.5 Å². The molecule has 3 atom stereocenters. The lowest BCUT2D eigenvalue weighted by Crippen LogP contribution is -2.58. The van der Waals surface area contributed by atoms with Gasteiger partial charge >= 0.3 is 0 Å². The third kappa shape index (κ3) is 4.60. The van der Waals surface area contributed by atoms with E-state index in [0.29, 0.717) is 35.5 Å². The zero-order valence-electron chi connectivity index (χ0n) is 21.6. The van der Waals surface area contributed by atoms with Crippen molar-refractivity contribution in [2.75, 3.05) is 18.0 Å². The highest BCUT2D eigenvalue weighted by Crippen LogP contribution is 2.36. The van der Waals surface area contributed by atoms with Crippen molar-refractivity contribution in [1.29, 1.82) is 10.5 Å². The standard InChI is InChI=1S/C29H25F2N7O/c1-17-16-38(28-23(13-33)29(39)36(3)25-11-9-22(12-32)35-26(25)28)18(2)15-37(17)27(19-4-6-20(30)7-5-19)24-10-8-21(31)14-34-24/h4-11,14,17-18,27H,15-16H2,1-3H3/t17-,18+,27?/m1/s1. The van der Waals surface area contributed by atoms with Crippen molar-refractivity contribution in [2.45, 2.75) is 32.0 Å². The topological polar surface area (TPSA) is 102 Å². The van der Waals surface area contributed by atoms with E-state index < -0.39 is 11.4 Å². The number of hydrogen-bond donors (Lipinski definition) is 0. The molecule has 5 rings (SSSR count). The molecule has 4 aromatic rings. The third-order valence-corrected chi connectivity index (χ3v) is 7.31. The number of benzene rings is 1. The Balaban J connectivity index is 1.61. The van der Waals surface area contributed by atoms with E-state index in [1.54, 1.807) is 37.4 Å². The number of nitrogens with zero attached hydrogens (tertiary/aromatic N) is 7. The molecule has 39 heavy (non-hydrogen) atoms. The summed E-state index contributed by atoms with van der Waals surface area (Å²) in [7, 11) is 1.58. The Labute approximate surface area is 224 Å². The number of hydrogen-bond acceptors (Lipinski definition) is 7. The molecule has 1 fully saturated rings. The average molecular weight is 526 g/mol. The number of nitriles is 2. The zero-order valence-corrected chi connectivity index (χ0v) is 21.6.